The van der Waals surface area contributed by atoms with Crippen LogP contribution in [0.15, 0.2) is 24.3 Å². The maximum absolute atomic E-state index is 13.8. The van der Waals surface area contributed by atoms with Crippen LogP contribution < -0.4 is 32.7 Å². The molecule has 0 aliphatic rings. The number of primary amides is 1. The van der Waals surface area contributed by atoms with Gasteiger partial charge in [0.05, 0.1) is 63.3 Å². The number of hydrogen-bond acceptors (Lipinski definition) is 17. The molecule has 24 nitrogen and oxygen atoms in total. The molecule has 0 aliphatic carbocycles. The molecule has 11 N–H and O–H groups in total. The van der Waals surface area contributed by atoms with E-state index in [1.807, 2.05) is 31.2 Å². The molecule has 0 aliphatic heterocycles. The Morgan fingerprint density at radius 2 is 1.15 bits per heavy atom. The number of hydrogen-bond donors (Lipinski definition) is 9. The monoisotopic (exact) mass is 1240 g/mol. The van der Waals surface area contributed by atoms with Crippen molar-refractivity contribution < 1.29 is 75.4 Å². The molecule has 1 aromatic carbocycles. The summed E-state index contributed by atoms with van der Waals surface area (Å²) in [4.78, 5) is 102. The highest BCUT2D eigenvalue weighted by molar-refractivity contribution is 7.85. The molecule has 0 radical (unpaired) electrons. The standard InChI is InChI=1S/C61H106N8O16S/c1-47-27-29-48(30-28-47)42-49(60(64)76)43-54(71)53(24-16-17-25-56(62)63)69(3)44-55(72)51(65-2)23-18-19-33-66-59(75)46-85-40-37-82-35-21-22-50(70)45-84-39-38-83-36-34-67-57(73)32-31-52(61(77)78)68-58(74)26-15-13-11-9-7-5-4-6-8-10-12-14-20-41-86(79,80)81/h27-30,49,51-53,65H,4-26,31-46H2,1-3H3,(H3,62,63)(H2,64,76)(H,66,75)(H,67,73)(H,68,74)(H,77,78)(H,79,80,81)/t49-,51+,52+,53+/m1/s1. The van der Waals surface area contributed by atoms with Crippen LogP contribution in [0.5, 0.6) is 0 Å². The first-order chi connectivity index (χ1) is 41.1. The van der Waals surface area contributed by atoms with E-state index >= 15 is 0 Å². The second-order valence-corrected chi connectivity index (χ2v) is 23.8. The number of nitrogens with one attached hydrogen (secondary N) is 5. The number of rotatable bonds is 59. The van der Waals surface area contributed by atoms with Crippen molar-refractivity contribution in [2.45, 2.75) is 198 Å². The Morgan fingerprint density at radius 1 is 0.593 bits per heavy atom. The fraction of sp³-hybridized carbons (Fsp3) is 0.754. The molecule has 0 saturated carbocycles. The van der Waals surface area contributed by atoms with Gasteiger partial charge in [-0.1, -0.05) is 107 Å². The molecule has 0 unspecified atom stereocenters. The number of ketones is 3. The van der Waals surface area contributed by atoms with Crippen LogP contribution >= 0.6 is 0 Å². The van der Waals surface area contributed by atoms with Crippen LogP contribution in [0, 0.1) is 18.3 Å². The summed E-state index contributed by atoms with van der Waals surface area (Å²) in [5, 5.41) is 28.2. The Balaban J connectivity index is 2.12. The molecule has 0 spiro atoms. The highest BCUT2D eigenvalue weighted by Crippen LogP contribution is 2.20. The zero-order chi connectivity index (χ0) is 63.8. The third kappa shape index (κ3) is 44.2. The van der Waals surface area contributed by atoms with Crippen LogP contribution in [-0.4, -0.2) is 186 Å². The third-order valence-corrected chi connectivity index (χ3v) is 15.4. The van der Waals surface area contributed by atoms with E-state index in [0.29, 0.717) is 83.8 Å². The van der Waals surface area contributed by atoms with Crippen LogP contribution in [0.4, 0.5) is 0 Å². The topological polar surface area (TPSA) is 375 Å². The van der Waals surface area contributed by atoms with Gasteiger partial charge in [0, 0.05) is 57.7 Å². The van der Waals surface area contributed by atoms with Crippen LogP contribution in [-0.2, 0) is 73.8 Å². The molecule has 25 heteroatoms. The normalized spacial score (nSPS) is 12.9. The quantitative estimate of drug-likeness (QED) is 0.0178. The predicted molar refractivity (Wildman–Crippen MR) is 329 cm³/mol. The lowest BCUT2D eigenvalue weighted by molar-refractivity contribution is -0.142. The van der Waals surface area contributed by atoms with Gasteiger partial charge in [0.2, 0.25) is 23.6 Å². The fourth-order valence-electron chi connectivity index (χ4n) is 9.53. The highest BCUT2D eigenvalue weighted by Gasteiger charge is 2.30. The Kier molecular flexibility index (Phi) is 45.5. The van der Waals surface area contributed by atoms with Crippen molar-refractivity contribution in [1.29, 1.82) is 5.41 Å². The van der Waals surface area contributed by atoms with E-state index in [2.05, 4.69) is 21.3 Å². The SMILES string of the molecule is CN[C@@H](CCCCNC(=O)COCCOCCCC(=O)COCCOCCNC(=O)CC[C@H](NC(=O)CCCCCCCCCCCCCCCS(=O)(=O)O)C(=O)O)C(=O)CN(C)[C@@H](CCCCC(=N)N)C(=O)C[C@@H](Cc1ccc(C)cc1)C(N)=O. The summed E-state index contributed by atoms with van der Waals surface area (Å²) in [6.07, 6.45) is 17.5. The maximum atomic E-state index is 13.8. The largest absolute Gasteiger partial charge is 0.480 e. The van der Waals surface area contributed by atoms with E-state index in [1.165, 1.54) is 0 Å². The molecule has 1 rings (SSSR count). The van der Waals surface area contributed by atoms with Crippen molar-refractivity contribution in [1.82, 2.24) is 26.2 Å². The van der Waals surface area contributed by atoms with Gasteiger partial charge in [0.25, 0.3) is 10.1 Å². The number of carboxylic acid groups (broad SMARTS) is 1. The number of unbranched alkanes of at least 4 members (excludes halogenated alkanes) is 14. The van der Waals surface area contributed by atoms with E-state index in [9.17, 15) is 51.9 Å². The molecule has 0 bridgehead atoms. The Hall–Kier alpha value is -5.28. The fourth-order valence-corrected chi connectivity index (χ4v) is 10.1. The highest BCUT2D eigenvalue weighted by atomic mass is 32.2. The molecule has 0 saturated heterocycles. The van der Waals surface area contributed by atoms with Gasteiger partial charge in [-0.2, -0.15) is 8.42 Å². The average molecular weight is 1240 g/mol. The van der Waals surface area contributed by atoms with Crippen LogP contribution in [0.3, 0.4) is 0 Å². The molecular formula is C61H106N8O16S. The maximum Gasteiger partial charge on any atom is 0.326 e. The minimum absolute atomic E-state index is 0.00566. The predicted octanol–water partition coefficient (Wildman–Crippen LogP) is 5.07. The zero-order valence-electron chi connectivity index (χ0n) is 51.8. The number of nitrogens with two attached hydrogens (primary N) is 2. The number of Topliss-reactive ketones (excluding diaryl/α,β-unsaturated/α-hetero) is 3. The number of amides is 4. The van der Waals surface area contributed by atoms with E-state index in [0.717, 1.165) is 81.8 Å². The molecule has 0 fully saturated rings. The summed E-state index contributed by atoms with van der Waals surface area (Å²) in [7, 11) is -0.426. The molecule has 4 atom stereocenters. The average Bonchev–Trinajstić information content (AvgIpc) is 3.67. The Bertz CT molecular complexity index is 2220. The van der Waals surface area contributed by atoms with E-state index in [-0.39, 0.29) is 138 Å². The summed E-state index contributed by atoms with van der Waals surface area (Å²) in [5.41, 5.74) is 13.3. The summed E-state index contributed by atoms with van der Waals surface area (Å²) < 4.78 is 52.0. The number of aryl methyl sites for hydroxylation is 1. The molecule has 1 aromatic rings. The lowest BCUT2D eigenvalue weighted by atomic mass is 9.89. The van der Waals surface area contributed by atoms with Gasteiger partial charge in [0.15, 0.2) is 17.3 Å². The van der Waals surface area contributed by atoms with E-state index < -0.39 is 46.0 Å². The number of carboxylic acids is 1. The third-order valence-electron chi connectivity index (χ3n) is 14.6. The molecular weight excluding hydrogens is 1130 g/mol. The minimum atomic E-state index is -3.86. The van der Waals surface area contributed by atoms with Crippen LogP contribution in [0.25, 0.3) is 0 Å². The Labute approximate surface area is 511 Å². The van der Waals surface area contributed by atoms with Gasteiger partial charge < -0.3 is 56.8 Å². The first kappa shape index (κ1) is 78.7. The smallest absolute Gasteiger partial charge is 0.326 e. The van der Waals surface area contributed by atoms with Gasteiger partial charge in [-0.05, 0) is 90.8 Å². The number of amidine groups is 1. The van der Waals surface area contributed by atoms with Crippen molar-refractivity contribution in [3.63, 3.8) is 0 Å². The van der Waals surface area contributed by atoms with E-state index in [4.69, 9.17) is 40.4 Å². The van der Waals surface area contributed by atoms with Crippen LogP contribution in [0.2, 0.25) is 0 Å². The molecule has 0 aromatic heterocycles. The number of aliphatic carboxylic acids is 1. The molecule has 0 heterocycles. The van der Waals surface area contributed by atoms with Crippen LogP contribution in [0.1, 0.15) is 178 Å². The van der Waals surface area contributed by atoms with Crippen molar-refractivity contribution in [3.05, 3.63) is 35.4 Å². The lowest BCUT2D eigenvalue weighted by Gasteiger charge is -2.29. The minimum Gasteiger partial charge on any atom is -0.480 e. The number of ether oxygens (including phenoxy) is 4. The van der Waals surface area contributed by atoms with Gasteiger partial charge >= 0.3 is 5.97 Å². The van der Waals surface area contributed by atoms with Crippen molar-refractivity contribution >= 4 is 62.9 Å². The molecule has 4 amide bonds. The number of carbonyl (C=O) groups is 8. The lowest BCUT2D eigenvalue weighted by Crippen LogP contribution is -2.47. The summed E-state index contributed by atoms with van der Waals surface area (Å²) in [6.45, 7) is 3.63. The molecule has 86 heavy (non-hydrogen) atoms. The second kappa shape index (κ2) is 49.7. The Morgan fingerprint density at radius 3 is 1.74 bits per heavy atom. The first-order valence-electron chi connectivity index (χ1n) is 31.1. The van der Waals surface area contributed by atoms with Gasteiger partial charge in [-0.3, -0.25) is 48.4 Å². The first-order valence-corrected chi connectivity index (χ1v) is 32.7. The molecule has 492 valence electrons. The summed E-state index contributed by atoms with van der Waals surface area (Å²) >= 11 is 0. The van der Waals surface area contributed by atoms with Crippen molar-refractivity contribution in [2.75, 3.05) is 92.3 Å². The zero-order valence-corrected chi connectivity index (χ0v) is 52.6. The number of likely N-dealkylation sites (N-methyl/N-ethyl adjacent to an activating group) is 2. The number of carbonyl (C=O) groups excluding carboxylic acids is 7. The van der Waals surface area contributed by atoms with E-state index in [1.54, 1.807) is 19.0 Å². The van der Waals surface area contributed by atoms with Gasteiger partial charge in [-0.25, -0.2) is 4.79 Å². The summed E-state index contributed by atoms with van der Waals surface area (Å²) in [6, 6.07) is 5.45. The van der Waals surface area contributed by atoms with Crippen molar-refractivity contribution in [3.8, 4) is 0 Å². The number of benzene rings is 1. The van der Waals surface area contributed by atoms with Gasteiger partial charge in [-0.15, -0.1) is 0 Å². The number of nitrogens with zero attached hydrogens (tertiary/aromatic N) is 1. The van der Waals surface area contributed by atoms with Crippen molar-refractivity contribution in [2.24, 2.45) is 17.4 Å². The summed E-state index contributed by atoms with van der Waals surface area (Å²) in [5.74, 6) is -3.95. The second-order valence-electron chi connectivity index (χ2n) is 22.3. The van der Waals surface area contributed by atoms with Gasteiger partial charge in [0.1, 0.15) is 19.3 Å².